The van der Waals surface area contributed by atoms with Gasteiger partial charge in [0.15, 0.2) is 0 Å². The van der Waals surface area contributed by atoms with Crippen molar-refractivity contribution in [3.8, 4) is 0 Å². The molecule has 0 amide bonds. The first-order chi connectivity index (χ1) is 9.83. The molecule has 0 aliphatic carbocycles. The van der Waals surface area contributed by atoms with E-state index in [-0.39, 0.29) is 0 Å². The van der Waals surface area contributed by atoms with Crippen molar-refractivity contribution in [1.29, 1.82) is 0 Å². The number of anilines is 1. The van der Waals surface area contributed by atoms with Crippen LogP contribution in [-0.2, 0) is 4.74 Å². The Kier molecular flexibility index (Phi) is 4.16. The van der Waals surface area contributed by atoms with E-state index in [0.29, 0.717) is 6.10 Å². The number of ether oxygens (including phenoxy) is 1. The van der Waals surface area contributed by atoms with Crippen LogP contribution in [0.25, 0.3) is 10.9 Å². The lowest BCUT2D eigenvalue weighted by Crippen LogP contribution is -2.22. The number of rotatable bonds is 4. The van der Waals surface area contributed by atoms with E-state index in [1.807, 2.05) is 13.0 Å². The van der Waals surface area contributed by atoms with Gasteiger partial charge in [-0.2, -0.15) is 0 Å². The Morgan fingerprint density at radius 1 is 1.30 bits per heavy atom. The fourth-order valence-electron chi connectivity index (χ4n) is 2.86. The highest BCUT2D eigenvalue weighted by Gasteiger charge is 2.13. The zero-order valence-electron chi connectivity index (χ0n) is 12.1. The molecule has 1 N–H and O–H groups in total. The maximum Gasteiger partial charge on any atom is 0.0725 e. The molecule has 1 aromatic heterocycles. The SMILES string of the molecule is Cc1cc(NCCC2CCCCO2)c2ccccc2n1. The largest absolute Gasteiger partial charge is 0.384 e. The molecule has 0 spiro atoms. The van der Waals surface area contributed by atoms with Crippen molar-refractivity contribution in [2.45, 2.75) is 38.7 Å². The quantitative estimate of drug-likeness (QED) is 0.914. The van der Waals surface area contributed by atoms with E-state index in [4.69, 9.17) is 4.74 Å². The van der Waals surface area contributed by atoms with Gasteiger partial charge in [-0.1, -0.05) is 18.2 Å². The molecule has 0 saturated carbocycles. The monoisotopic (exact) mass is 270 g/mol. The van der Waals surface area contributed by atoms with Crippen molar-refractivity contribution in [3.05, 3.63) is 36.0 Å². The Balaban J connectivity index is 1.67. The van der Waals surface area contributed by atoms with Gasteiger partial charge in [-0.25, -0.2) is 0 Å². The molecule has 1 saturated heterocycles. The predicted molar refractivity (Wildman–Crippen MR) is 83.2 cm³/mol. The molecule has 0 bridgehead atoms. The molecular formula is C17H22N2O. The van der Waals surface area contributed by atoms with E-state index >= 15 is 0 Å². The highest BCUT2D eigenvalue weighted by molar-refractivity contribution is 5.91. The van der Waals surface area contributed by atoms with Gasteiger partial charge in [0.25, 0.3) is 0 Å². The molecule has 2 aromatic rings. The Morgan fingerprint density at radius 2 is 2.20 bits per heavy atom. The summed E-state index contributed by atoms with van der Waals surface area (Å²) in [6.45, 7) is 3.93. The molecular weight excluding hydrogens is 248 g/mol. The lowest BCUT2D eigenvalue weighted by molar-refractivity contribution is 0.0134. The summed E-state index contributed by atoms with van der Waals surface area (Å²) in [6, 6.07) is 10.4. The number of para-hydroxylation sites is 1. The summed E-state index contributed by atoms with van der Waals surface area (Å²) in [7, 11) is 0. The van der Waals surface area contributed by atoms with Crippen molar-refractivity contribution in [2.75, 3.05) is 18.5 Å². The highest BCUT2D eigenvalue weighted by atomic mass is 16.5. The average molecular weight is 270 g/mol. The minimum absolute atomic E-state index is 0.436. The lowest BCUT2D eigenvalue weighted by atomic mass is 10.1. The third-order valence-electron chi connectivity index (χ3n) is 3.90. The number of pyridine rings is 1. The average Bonchev–Trinajstić information content (AvgIpc) is 2.48. The molecule has 1 aliphatic heterocycles. The fourth-order valence-corrected chi connectivity index (χ4v) is 2.86. The summed E-state index contributed by atoms with van der Waals surface area (Å²) in [5, 5.41) is 4.75. The van der Waals surface area contributed by atoms with Gasteiger partial charge in [-0.15, -0.1) is 0 Å². The van der Waals surface area contributed by atoms with E-state index in [0.717, 1.165) is 30.8 Å². The third-order valence-corrected chi connectivity index (χ3v) is 3.90. The van der Waals surface area contributed by atoms with Crippen LogP contribution in [0.4, 0.5) is 5.69 Å². The summed E-state index contributed by atoms with van der Waals surface area (Å²) in [6.07, 6.45) is 5.25. The van der Waals surface area contributed by atoms with Gasteiger partial charge in [0.2, 0.25) is 0 Å². The van der Waals surface area contributed by atoms with Crippen molar-refractivity contribution < 1.29 is 4.74 Å². The van der Waals surface area contributed by atoms with E-state index in [1.165, 1.54) is 30.3 Å². The molecule has 2 heterocycles. The zero-order valence-corrected chi connectivity index (χ0v) is 12.1. The Bertz CT molecular complexity index is 576. The van der Waals surface area contributed by atoms with Crippen LogP contribution in [0.5, 0.6) is 0 Å². The second-order valence-corrected chi connectivity index (χ2v) is 5.53. The third kappa shape index (κ3) is 3.10. The molecule has 1 aromatic carbocycles. The van der Waals surface area contributed by atoms with Crippen LogP contribution in [-0.4, -0.2) is 24.2 Å². The van der Waals surface area contributed by atoms with Gasteiger partial charge < -0.3 is 10.1 Å². The molecule has 1 atom stereocenters. The first-order valence-corrected chi connectivity index (χ1v) is 7.55. The summed E-state index contributed by atoms with van der Waals surface area (Å²) in [5.41, 5.74) is 3.30. The van der Waals surface area contributed by atoms with E-state index in [9.17, 15) is 0 Å². The smallest absolute Gasteiger partial charge is 0.0725 e. The number of aryl methyl sites for hydroxylation is 1. The molecule has 20 heavy (non-hydrogen) atoms. The zero-order chi connectivity index (χ0) is 13.8. The normalized spacial score (nSPS) is 19.1. The summed E-state index contributed by atoms with van der Waals surface area (Å²) < 4.78 is 5.77. The number of nitrogens with zero attached hydrogens (tertiary/aromatic N) is 1. The fraction of sp³-hybridized carbons (Fsp3) is 0.471. The van der Waals surface area contributed by atoms with Crippen molar-refractivity contribution >= 4 is 16.6 Å². The van der Waals surface area contributed by atoms with Crippen LogP contribution in [0.15, 0.2) is 30.3 Å². The van der Waals surface area contributed by atoms with Gasteiger partial charge in [0.05, 0.1) is 11.6 Å². The van der Waals surface area contributed by atoms with Crippen LogP contribution in [0.3, 0.4) is 0 Å². The van der Waals surface area contributed by atoms with Gasteiger partial charge >= 0.3 is 0 Å². The second kappa shape index (κ2) is 6.23. The number of fused-ring (bicyclic) bond motifs is 1. The van der Waals surface area contributed by atoms with Gasteiger partial charge in [0.1, 0.15) is 0 Å². The van der Waals surface area contributed by atoms with Crippen molar-refractivity contribution in [1.82, 2.24) is 4.98 Å². The number of aromatic nitrogens is 1. The van der Waals surface area contributed by atoms with Crippen LogP contribution >= 0.6 is 0 Å². The number of benzene rings is 1. The van der Waals surface area contributed by atoms with Gasteiger partial charge in [-0.3, -0.25) is 4.98 Å². The molecule has 3 nitrogen and oxygen atoms in total. The first kappa shape index (κ1) is 13.4. The number of nitrogens with one attached hydrogen (secondary N) is 1. The molecule has 106 valence electrons. The lowest BCUT2D eigenvalue weighted by Gasteiger charge is -2.22. The molecule has 1 unspecified atom stereocenters. The molecule has 1 fully saturated rings. The van der Waals surface area contributed by atoms with E-state index in [1.54, 1.807) is 0 Å². The second-order valence-electron chi connectivity index (χ2n) is 5.53. The minimum atomic E-state index is 0.436. The van der Waals surface area contributed by atoms with Crippen LogP contribution in [0, 0.1) is 6.92 Å². The Morgan fingerprint density at radius 3 is 3.05 bits per heavy atom. The van der Waals surface area contributed by atoms with E-state index in [2.05, 4.69) is 34.6 Å². The molecule has 3 rings (SSSR count). The first-order valence-electron chi connectivity index (χ1n) is 7.55. The Labute approximate surface area is 120 Å². The highest BCUT2D eigenvalue weighted by Crippen LogP contribution is 2.23. The molecule has 1 aliphatic rings. The standard InChI is InChI=1S/C17H22N2O/c1-13-12-17(15-7-2-3-8-16(15)19-13)18-10-9-14-6-4-5-11-20-14/h2-3,7-8,12,14H,4-6,9-11H2,1H3,(H,18,19). The summed E-state index contributed by atoms with van der Waals surface area (Å²) in [4.78, 5) is 4.57. The molecule has 3 heteroatoms. The van der Waals surface area contributed by atoms with Crippen LogP contribution in [0.2, 0.25) is 0 Å². The molecule has 0 radical (unpaired) electrons. The summed E-state index contributed by atoms with van der Waals surface area (Å²) >= 11 is 0. The van der Waals surface area contributed by atoms with Crippen LogP contribution in [0.1, 0.15) is 31.4 Å². The maximum absolute atomic E-state index is 5.77. The Hall–Kier alpha value is -1.61. The van der Waals surface area contributed by atoms with Crippen molar-refractivity contribution in [2.24, 2.45) is 0 Å². The minimum Gasteiger partial charge on any atom is -0.384 e. The van der Waals surface area contributed by atoms with Gasteiger partial charge in [0, 0.05) is 29.9 Å². The maximum atomic E-state index is 5.77. The van der Waals surface area contributed by atoms with Crippen molar-refractivity contribution in [3.63, 3.8) is 0 Å². The topological polar surface area (TPSA) is 34.1 Å². The predicted octanol–water partition coefficient (Wildman–Crippen LogP) is 3.91. The van der Waals surface area contributed by atoms with Crippen LogP contribution < -0.4 is 5.32 Å². The number of hydrogen-bond acceptors (Lipinski definition) is 3. The van der Waals surface area contributed by atoms with Gasteiger partial charge in [-0.05, 0) is 44.7 Å². The summed E-state index contributed by atoms with van der Waals surface area (Å²) in [5.74, 6) is 0. The van der Waals surface area contributed by atoms with E-state index < -0.39 is 0 Å². The number of hydrogen-bond donors (Lipinski definition) is 1.